The molecule has 154 valence electrons. The zero-order valence-corrected chi connectivity index (χ0v) is 16.7. The van der Waals surface area contributed by atoms with Crippen molar-refractivity contribution in [2.24, 2.45) is 0 Å². The van der Waals surface area contributed by atoms with Crippen LogP contribution in [0, 0.1) is 5.82 Å². The van der Waals surface area contributed by atoms with Crippen LogP contribution in [0.25, 0.3) is 6.08 Å². The van der Waals surface area contributed by atoms with E-state index in [4.69, 9.17) is 4.74 Å². The van der Waals surface area contributed by atoms with Crippen LogP contribution in [0.1, 0.15) is 18.4 Å². The number of nitrogens with zero attached hydrogens (tertiary/aromatic N) is 2. The predicted molar refractivity (Wildman–Crippen MR) is 107 cm³/mol. The number of sulfonamides is 1. The van der Waals surface area contributed by atoms with Gasteiger partial charge in [0, 0.05) is 31.4 Å². The Bertz CT molecular complexity index is 996. The zero-order chi connectivity index (χ0) is 20.9. The van der Waals surface area contributed by atoms with E-state index in [-0.39, 0.29) is 17.7 Å². The highest BCUT2D eigenvalue weighted by atomic mass is 32.2. The normalized spacial score (nSPS) is 17.4. The third kappa shape index (κ3) is 6.37. The van der Waals surface area contributed by atoms with Gasteiger partial charge in [0.05, 0.1) is 12.5 Å². The summed E-state index contributed by atoms with van der Waals surface area (Å²) < 4.78 is 45.0. The number of carbonyl (C=O) groups excluding carboxylic acids is 1. The molecule has 7 nitrogen and oxygen atoms in total. The first-order valence-electron chi connectivity index (χ1n) is 9.12. The van der Waals surface area contributed by atoms with Crippen molar-refractivity contribution in [3.63, 3.8) is 0 Å². The number of amides is 1. The van der Waals surface area contributed by atoms with E-state index in [9.17, 15) is 17.6 Å². The molecule has 3 rings (SSSR count). The van der Waals surface area contributed by atoms with Gasteiger partial charge in [-0.25, -0.2) is 17.5 Å². The number of pyridine rings is 1. The molecule has 0 saturated carbocycles. The molecule has 1 N–H and O–H groups in total. The maximum absolute atomic E-state index is 14.3. The van der Waals surface area contributed by atoms with Gasteiger partial charge in [-0.05, 0) is 48.7 Å². The highest BCUT2D eigenvalue weighted by molar-refractivity contribution is 7.88. The summed E-state index contributed by atoms with van der Waals surface area (Å²) in [6, 6.07) is 7.47. The number of ether oxygens (including phenoxy) is 1. The molecule has 1 aromatic carbocycles. The molecule has 29 heavy (non-hydrogen) atoms. The maximum Gasteiger partial charge on any atom is 0.246 e. The first-order chi connectivity index (χ1) is 13.8. The molecule has 1 aliphatic rings. The van der Waals surface area contributed by atoms with E-state index in [1.54, 1.807) is 29.3 Å². The molecule has 1 fully saturated rings. The molecule has 1 atom stereocenters. The molecule has 0 aliphatic carbocycles. The average molecular weight is 419 g/mol. The van der Waals surface area contributed by atoms with Crippen molar-refractivity contribution >= 4 is 22.0 Å². The van der Waals surface area contributed by atoms with Crippen molar-refractivity contribution < 1.29 is 22.3 Å². The van der Waals surface area contributed by atoms with Crippen LogP contribution in [-0.4, -0.2) is 49.6 Å². The Morgan fingerprint density at radius 3 is 2.90 bits per heavy atom. The Kier molecular flexibility index (Phi) is 6.60. The zero-order valence-electron chi connectivity index (χ0n) is 15.9. The molecule has 0 bridgehead atoms. The average Bonchev–Trinajstić information content (AvgIpc) is 2.68. The van der Waals surface area contributed by atoms with Crippen molar-refractivity contribution in [2.45, 2.75) is 18.9 Å². The summed E-state index contributed by atoms with van der Waals surface area (Å²) in [7, 11) is -3.32. The number of nitrogens with one attached hydrogen (secondary N) is 1. The minimum Gasteiger partial charge on any atom is -0.453 e. The Labute approximate surface area is 169 Å². The lowest BCUT2D eigenvalue weighted by molar-refractivity contribution is -0.127. The van der Waals surface area contributed by atoms with E-state index in [1.807, 2.05) is 0 Å². The predicted octanol–water partition coefficient (Wildman–Crippen LogP) is 2.57. The van der Waals surface area contributed by atoms with Crippen LogP contribution in [0.5, 0.6) is 11.5 Å². The summed E-state index contributed by atoms with van der Waals surface area (Å²) in [5.41, 5.74) is 0.511. The van der Waals surface area contributed by atoms with Crippen LogP contribution in [0.15, 0.2) is 48.8 Å². The Morgan fingerprint density at radius 2 is 2.21 bits per heavy atom. The highest BCUT2D eigenvalue weighted by Gasteiger charge is 2.24. The first-order valence-corrected chi connectivity index (χ1v) is 11.0. The molecular formula is C20H22FN3O4S. The lowest BCUT2D eigenvalue weighted by atomic mass is 10.1. The van der Waals surface area contributed by atoms with Crippen molar-refractivity contribution in [1.29, 1.82) is 0 Å². The minimum absolute atomic E-state index is 0.0622. The van der Waals surface area contributed by atoms with Gasteiger partial charge in [-0.2, -0.15) is 0 Å². The largest absolute Gasteiger partial charge is 0.453 e. The fourth-order valence-electron chi connectivity index (χ4n) is 3.09. The number of carbonyl (C=O) groups is 1. The minimum atomic E-state index is -3.32. The maximum atomic E-state index is 14.3. The van der Waals surface area contributed by atoms with E-state index in [0.717, 1.165) is 6.26 Å². The summed E-state index contributed by atoms with van der Waals surface area (Å²) in [6.07, 6.45) is 8.45. The monoisotopic (exact) mass is 419 g/mol. The third-order valence-electron chi connectivity index (χ3n) is 4.35. The van der Waals surface area contributed by atoms with Gasteiger partial charge in [-0.1, -0.05) is 6.07 Å². The van der Waals surface area contributed by atoms with Gasteiger partial charge in [0.25, 0.3) is 0 Å². The number of piperidine rings is 1. The van der Waals surface area contributed by atoms with Gasteiger partial charge in [0.1, 0.15) is 5.75 Å². The van der Waals surface area contributed by atoms with Gasteiger partial charge in [0.15, 0.2) is 11.6 Å². The lowest BCUT2D eigenvalue weighted by Crippen LogP contribution is -2.48. The van der Waals surface area contributed by atoms with E-state index >= 15 is 0 Å². The van der Waals surface area contributed by atoms with E-state index in [2.05, 4.69) is 9.71 Å². The molecule has 2 heterocycles. The van der Waals surface area contributed by atoms with Gasteiger partial charge in [-0.3, -0.25) is 9.78 Å². The molecule has 0 radical (unpaired) electrons. The molecular weight excluding hydrogens is 397 g/mol. The number of rotatable bonds is 6. The number of hydrogen-bond acceptors (Lipinski definition) is 5. The van der Waals surface area contributed by atoms with E-state index in [0.29, 0.717) is 37.2 Å². The number of benzene rings is 1. The Hall–Kier alpha value is -2.78. The van der Waals surface area contributed by atoms with Crippen LogP contribution in [0.2, 0.25) is 0 Å². The SMILES string of the molecule is CS(=O)(=O)NC1CCCN(C(=O)/C=C/c2ccc(Oc3cccnc3)c(F)c2)C1. The summed E-state index contributed by atoms with van der Waals surface area (Å²) in [6.45, 7) is 0.861. The van der Waals surface area contributed by atoms with E-state index in [1.165, 1.54) is 30.5 Å². The lowest BCUT2D eigenvalue weighted by Gasteiger charge is -2.32. The number of hydrogen-bond donors (Lipinski definition) is 1. The van der Waals surface area contributed by atoms with Crippen molar-refractivity contribution in [3.8, 4) is 11.5 Å². The van der Waals surface area contributed by atoms with Crippen LogP contribution >= 0.6 is 0 Å². The van der Waals surface area contributed by atoms with Crippen molar-refractivity contribution in [2.75, 3.05) is 19.3 Å². The fraction of sp³-hybridized carbons (Fsp3) is 0.300. The van der Waals surface area contributed by atoms with Gasteiger partial charge < -0.3 is 9.64 Å². The van der Waals surface area contributed by atoms with Gasteiger partial charge in [-0.15, -0.1) is 0 Å². The number of halogens is 1. The molecule has 2 aromatic rings. The molecule has 0 spiro atoms. The van der Waals surface area contributed by atoms with Crippen LogP contribution in [0.3, 0.4) is 0 Å². The second-order valence-electron chi connectivity index (χ2n) is 6.83. The second kappa shape index (κ2) is 9.15. The second-order valence-corrected chi connectivity index (χ2v) is 8.61. The highest BCUT2D eigenvalue weighted by Crippen LogP contribution is 2.25. The topological polar surface area (TPSA) is 88.6 Å². The molecule has 1 amide bonds. The fourth-order valence-corrected chi connectivity index (χ4v) is 3.89. The molecule has 9 heteroatoms. The van der Waals surface area contributed by atoms with Gasteiger partial charge >= 0.3 is 0 Å². The standard InChI is InChI=1S/C20H22FN3O4S/c1-29(26,27)23-16-4-3-11-24(14-16)20(25)9-7-15-6-8-19(18(21)12-15)28-17-5-2-10-22-13-17/h2,5-10,12-13,16,23H,3-4,11,14H2,1H3/b9-7+. The first kappa shape index (κ1) is 20.9. The van der Waals surface area contributed by atoms with Crippen LogP contribution in [-0.2, 0) is 14.8 Å². The number of likely N-dealkylation sites (tertiary alicyclic amines) is 1. The van der Waals surface area contributed by atoms with Gasteiger partial charge in [0.2, 0.25) is 15.9 Å². The van der Waals surface area contributed by atoms with E-state index < -0.39 is 15.8 Å². The summed E-state index contributed by atoms with van der Waals surface area (Å²) in [4.78, 5) is 17.9. The van der Waals surface area contributed by atoms with Crippen LogP contribution in [0.4, 0.5) is 4.39 Å². The van der Waals surface area contributed by atoms with Crippen molar-refractivity contribution in [3.05, 3.63) is 60.2 Å². The Balaban J connectivity index is 1.61. The molecule has 1 unspecified atom stereocenters. The summed E-state index contributed by atoms with van der Waals surface area (Å²) in [5.74, 6) is -0.320. The smallest absolute Gasteiger partial charge is 0.246 e. The Morgan fingerprint density at radius 1 is 1.38 bits per heavy atom. The quantitative estimate of drug-likeness (QED) is 0.727. The number of aromatic nitrogens is 1. The molecule has 1 aliphatic heterocycles. The summed E-state index contributed by atoms with van der Waals surface area (Å²) >= 11 is 0. The molecule has 1 saturated heterocycles. The summed E-state index contributed by atoms with van der Waals surface area (Å²) in [5, 5.41) is 0. The van der Waals surface area contributed by atoms with Crippen molar-refractivity contribution in [1.82, 2.24) is 14.6 Å². The van der Waals surface area contributed by atoms with Crippen LogP contribution < -0.4 is 9.46 Å². The molecule has 1 aromatic heterocycles. The third-order valence-corrected chi connectivity index (χ3v) is 5.11.